The second kappa shape index (κ2) is 10.0. The number of ether oxygens (including phenoxy) is 1. The molecule has 1 N–H and O–H groups in total. The Morgan fingerprint density at radius 2 is 1.83 bits per heavy atom. The predicted octanol–water partition coefficient (Wildman–Crippen LogP) is 6.90. The molecule has 0 unspecified atom stereocenters. The van der Waals surface area contributed by atoms with Gasteiger partial charge in [0.1, 0.15) is 5.75 Å². The fraction of sp³-hybridized carbons (Fsp3) is 0.167. The van der Waals surface area contributed by atoms with Gasteiger partial charge < -0.3 is 10.1 Å². The number of amides is 1. The van der Waals surface area contributed by atoms with E-state index in [2.05, 4.69) is 55.2 Å². The van der Waals surface area contributed by atoms with Crippen LogP contribution in [-0.2, 0) is 4.79 Å². The van der Waals surface area contributed by atoms with E-state index in [1.165, 1.54) is 5.56 Å². The van der Waals surface area contributed by atoms with Crippen molar-refractivity contribution in [3.63, 3.8) is 0 Å². The Labute approximate surface area is 193 Å². The third-order valence-electron chi connectivity index (χ3n) is 4.61. The van der Waals surface area contributed by atoms with Crippen LogP contribution in [0.5, 0.6) is 5.75 Å². The summed E-state index contributed by atoms with van der Waals surface area (Å²) in [6.07, 6.45) is 1.76. The number of carbonyl (C=O) groups is 1. The van der Waals surface area contributed by atoms with Gasteiger partial charge in [0.2, 0.25) is 0 Å². The van der Waals surface area contributed by atoms with E-state index in [4.69, 9.17) is 4.74 Å². The van der Waals surface area contributed by atoms with Gasteiger partial charge in [-0.25, -0.2) is 0 Å². The number of hydrogen-bond acceptors (Lipinski definition) is 3. The summed E-state index contributed by atoms with van der Waals surface area (Å²) in [6.45, 7) is 5.97. The van der Waals surface area contributed by atoms with Gasteiger partial charge in [-0.3, -0.25) is 9.79 Å². The molecule has 0 heterocycles. The highest BCUT2D eigenvalue weighted by Crippen LogP contribution is 2.33. The summed E-state index contributed by atoms with van der Waals surface area (Å²) in [5.74, 6) is 0.333. The quantitative estimate of drug-likeness (QED) is 0.353. The van der Waals surface area contributed by atoms with Crippen molar-refractivity contribution in [2.45, 2.75) is 20.8 Å². The highest BCUT2D eigenvalue weighted by Gasteiger charge is 2.12. The molecule has 3 aromatic carbocycles. The molecule has 3 aromatic rings. The van der Waals surface area contributed by atoms with Crippen LogP contribution < -0.4 is 10.1 Å². The normalized spacial score (nSPS) is 11.0. The average Bonchev–Trinajstić information content (AvgIpc) is 2.68. The first-order valence-corrected chi connectivity index (χ1v) is 11.0. The summed E-state index contributed by atoms with van der Waals surface area (Å²) >= 11 is 7.03. The van der Waals surface area contributed by atoms with E-state index < -0.39 is 0 Å². The summed E-state index contributed by atoms with van der Waals surface area (Å²) in [4.78, 5) is 17.0. The van der Waals surface area contributed by atoms with Gasteiger partial charge in [-0.05, 0) is 83.7 Å². The number of halogens is 2. The average molecular weight is 530 g/mol. The van der Waals surface area contributed by atoms with Gasteiger partial charge in [-0.1, -0.05) is 40.2 Å². The van der Waals surface area contributed by atoms with Crippen molar-refractivity contribution in [3.05, 3.63) is 85.8 Å². The highest BCUT2D eigenvalue weighted by atomic mass is 79.9. The van der Waals surface area contributed by atoms with Gasteiger partial charge in [0.25, 0.3) is 5.91 Å². The van der Waals surface area contributed by atoms with Crippen LogP contribution in [0.4, 0.5) is 11.4 Å². The van der Waals surface area contributed by atoms with Crippen LogP contribution in [0, 0.1) is 20.8 Å². The number of aliphatic imine (C=N–C) groups is 1. The Kier molecular flexibility index (Phi) is 7.45. The standard InChI is InChI=1S/C24H22Br2N2O2/c1-15-6-4-8-20(10-15)28-23(29)14-30-24-18(11-19(25)12-21(24)26)13-27-22-9-5-7-16(2)17(22)3/h4-13H,14H2,1-3H3,(H,28,29). The van der Waals surface area contributed by atoms with Crippen molar-refractivity contribution >= 4 is 55.4 Å². The molecule has 0 bridgehead atoms. The first kappa shape index (κ1) is 22.2. The second-order valence-corrected chi connectivity index (χ2v) is 8.76. The molecule has 0 aromatic heterocycles. The van der Waals surface area contributed by atoms with Crippen molar-refractivity contribution in [2.75, 3.05) is 11.9 Å². The molecule has 0 spiro atoms. The van der Waals surface area contributed by atoms with Gasteiger partial charge >= 0.3 is 0 Å². The third kappa shape index (κ3) is 5.80. The molecular formula is C24H22Br2N2O2. The number of rotatable bonds is 6. The molecule has 0 saturated carbocycles. The lowest BCUT2D eigenvalue weighted by atomic mass is 10.1. The molecule has 3 rings (SSSR count). The first-order valence-electron chi connectivity index (χ1n) is 9.42. The number of carbonyl (C=O) groups excluding carboxylic acids is 1. The Morgan fingerprint density at radius 3 is 2.60 bits per heavy atom. The van der Waals surface area contributed by atoms with Crippen LogP contribution in [-0.4, -0.2) is 18.7 Å². The molecule has 4 nitrogen and oxygen atoms in total. The van der Waals surface area contributed by atoms with Gasteiger partial charge in [0.15, 0.2) is 6.61 Å². The lowest BCUT2D eigenvalue weighted by Gasteiger charge is -2.12. The van der Waals surface area contributed by atoms with E-state index in [1.54, 1.807) is 6.21 Å². The molecule has 0 aliphatic heterocycles. The van der Waals surface area contributed by atoms with Gasteiger partial charge in [-0.2, -0.15) is 0 Å². The topological polar surface area (TPSA) is 50.7 Å². The Balaban J connectivity index is 1.78. The molecule has 154 valence electrons. The SMILES string of the molecule is Cc1cccc(NC(=O)COc2c(Br)cc(Br)cc2C=Nc2cccc(C)c2C)c1. The number of anilines is 1. The van der Waals surface area contributed by atoms with Crippen LogP contribution in [0.25, 0.3) is 0 Å². The van der Waals surface area contributed by atoms with Crippen LogP contribution in [0.15, 0.2) is 68.5 Å². The van der Waals surface area contributed by atoms with Crippen molar-refractivity contribution < 1.29 is 9.53 Å². The zero-order valence-electron chi connectivity index (χ0n) is 17.0. The molecule has 30 heavy (non-hydrogen) atoms. The maximum Gasteiger partial charge on any atom is 0.262 e. The molecule has 0 fully saturated rings. The summed E-state index contributed by atoms with van der Waals surface area (Å²) in [5, 5.41) is 2.85. The van der Waals surface area contributed by atoms with E-state index >= 15 is 0 Å². The second-order valence-electron chi connectivity index (χ2n) is 6.99. The van der Waals surface area contributed by atoms with Crippen LogP contribution in [0.2, 0.25) is 0 Å². The van der Waals surface area contributed by atoms with Gasteiger partial charge in [0.05, 0.1) is 10.2 Å². The van der Waals surface area contributed by atoms with Crippen LogP contribution in [0.3, 0.4) is 0 Å². The number of nitrogens with one attached hydrogen (secondary N) is 1. The largest absolute Gasteiger partial charge is 0.482 e. The van der Waals surface area contributed by atoms with Gasteiger partial charge in [-0.15, -0.1) is 0 Å². The van der Waals surface area contributed by atoms with E-state index in [0.29, 0.717) is 5.75 Å². The number of hydrogen-bond donors (Lipinski definition) is 1. The van der Waals surface area contributed by atoms with Crippen molar-refractivity contribution in [1.82, 2.24) is 0 Å². The Morgan fingerprint density at radius 1 is 1.07 bits per heavy atom. The molecule has 0 aliphatic rings. The molecular weight excluding hydrogens is 508 g/mol. The Hall–Kier alpha value is -2.44. The zero-order chi connectivity index (χ0) is 21.7. The fourth-order valence-electron chi connectivity index (χ4n) is 2.90. The monoisotopic (exact) mass is 528 g/mol. The van der Waals surface area contributed by atoms with Crippen molar-refractivity contribution in [2.24, 2.45) is 4.99 Å². The number of nitrogens with zero attached hydrogens (tertiary/aromatic N) is 1. The molecule has 0 radical (unpaired) electrons. The summed E-state index contributed by atoms with van der Waals surface area (Å²) in [6, 6.07) is 17.5. The zero-order valence-corrected chi connectivity index (χ0v) is 20.2. The lowest BCUT2D eigenvalue weighted by molar-refractivity contribution is -0.118. The molecule has 1 amide bonds. The summed E-state index contributed by atoms with van der Waals surface area (Å²) in [7, 11) is 0. The minimum Gasteiger partial charge on any atom is -0.482 e. The Bertz CT molecular complexity index is 1110. The predicted molar refractivity (Wildman–Crippen MR) is 130 cm³/mol. The van der Waals surface area contributed by atoms with Crippen molar-refractivity contribution in [1.29, 1.82) is 0 Å². The molecule has 0 saturated heterocycles. The van der Waals surface area contributed by atoms with Gasteiger partial charge in [0, 0.05) is 21.9 Å². The summed E-state index contributed by atoms with van der Waals surface area (Å²) in [5.41, 5.74) is 5.80. The smallest absolute Gasteiger partial charge is 0.262 e. The maximum absolute atomic E-state index is 12.4. The minimum absolute atomic E-state index is 0.113. The van der Waals surface area contributed by atoms with E-state index in [1.807, 2.05) is 62.4 Å². The molecule has 0 aliphatic carbocycles. The van der Waals surface area contributed by atoms with E-state index in [-0.39, 0.29) is 12.5 Å². The third-order valence-corrected chi connectivity index (χ3v) is 5.65. The molecule has 6 heteroatoms. The summed E-state index contributed by atoms with van der Waals surface area (Å²) < 4.78 is 7.48. The minimum atomic E-state index is -0.229. The van der Waals surface area contributed by atoms with Crippen molar-refractivity contribution in [3.8, 4) is 5.75 Å². The number of benzene rings is 3. The van der Waals surface area contributed by atoms with Crippen LogP contribution >= 0.6 is 31.9 Å². The molecule has 0 atom stereocenters. The fourth-order valence-corrected chi connectivity index (χ4v) is 4.27. The van der Waals surface area contributed by atoms with E-state index in [0.717, 1.165) is 37.0 Å². The van der Waals surface area contributed by atoms with Crippen LogP contribution in [0.1, 0.15) is 22.3 Å². The highest BCUT2D eigenvalue weighted by molar-refractivity contribution is 9.11. The van der Waals surface area contributed by atoms with E-state index in [9.17, 15) is 4.79 Å². The first-order chi connectivity index (χ1) is 14.3. The maximum atomic E-state index is 12.4. The lowest BCUT2D eigenvalue weighted by Crippen LogP contribution is -2.20. The number of aryl methyl sites for hydroxylation is 2.